The number of carbonyl (C=O) groups is 2. The molecule has 156 valence electrons. The normalized spacial score (nSPS) is 12.4. The van der Waals surface area contributed by atoms with Gasteiger partial charge >= 0.3 is 6.09 Å². The van der Waals surface area contributed by atoms with Crippen LogP contribution in [-0.2, 0) is 9.53 Å². The third-order valence-electron chi connectivity index (χ3n) is 4.84. The molecule has 2 aromatic rings. The molecule has 2 amide bonds. The summed E-state index contributed by atoms with van der Waals surface area (Å²) in [6, 6.07) is 16.4. The van der Waals surface area contributed by atoms with Gasteiger partial charge in [0.25, 0.3) is 0 Å². The first-order chi connectivity index (χ1) is 13.3. The van der Waals surface area contributed by atoms with Gasteiger partial charge in [-0.15, -0.1) is 0 Å². The number of hydrogen-bond donors (Lipinski definition) is 2. The predicted molar refractivity (Wildman–Crippen MR) is 109 cm³/mol. The second kappa shape index (κ2) is 10.1. The lowest BCUT2D eigenvalue weighted by atomic mass is 9.98. The second-order valence-corrected chi connectivity index (χ2v) is 8.04. The van der Waals surface area contributed by atoms with E-state index in [9.17, 15) is 9.59 Å². The van der Waals surface area contributed by atoms with Crippen LogP contribution in [0, 0.1) is 0 Å². The van der Waals surface area contributed by atoms with Crippen LogP contribution in [0.2, 0.25) is 0 Å². The molecule has 0 saturated carbocycles. The number of nitrogens with one attached hydrogen (secondary N) is 2. The van der Waals surface area contributed by atoms with Gasteiger partial charge in [0.05, 0.1) is 40.8 Å². The van der Waals surface area contributed by atoms with E-state index in [4.69, 9.17) is 4.74 Å². The molecule has 0 unspecified atom stereocenters. The van der Waals surface area contributed by atoms with Crippen LogP contribution >= 0.6 is 0 Å². The van der Waals surface area contributed by atoms with Crippen LogP contribution < -0.4 is 34.6 Å². The zero-order valence-corrected chi connectivity index (χ0v) is 19.2. The first kappa shape index (κ1) is 23.2. The van der Waals surface area contributed by atoms with Crippen molar-refractivity contribution in [2.45, 2.75) is 5.92 Å². The summed E-state index contributed by atoms with van der Waals surface area (Å²) in [5, 5.41) is 5.32. The van der Waals surface area contributed by atoms with Crippen LogP contribution in [0.4, 0.5) is 4.79 Å². The molecule has 0 saturated heterocycles. The van der Waals surface area contributed by atoms with E-state index in [0.717, 1.165) is 22.2 Å². The predicted octanol–water partition coefficient (Wildman–Crippen LogP) is -0.648. The summed E-state index contributed by atoms with van der Waals surface area (Å²) in [4.78, 5) is 23.9. The number of nitrogens with zero attached hydrogens (tertiary/aromatic N) is 1. The van der Waals surface area contributed by atoms with Crippen LogP contribution in [0.15, 0.2) is 48.5 Å². The van der Waals surface area contributed by atoms with Gasteiger partial charge in [-0.05, 0) is 22.3 Å². The largest absolute Gasteiger partial charge is 1.00 e. The Morgan fingerprint density at radius 3 is 2.03 bits per heavy atom. The van der Waals surface area contributed by atoms with Crippen molar-refractivity contribution in [2.75, 3.05) is 47.4 Å². The topological polar surface area (TPSA) is 67.4 Å². The van der Waals surface area contributed by atoms with Crippen LogP contribution in [0.25, 0.3) is 11.1 Å². The maximum Gasteiger partial charge on any atom is 0.407 e. The van der Waals surface area contributed by atoms with Crippen molar-refractivity contribution < 1.29 is 42.8 Å². The van der Waals surface area contributed by atoms with Crippen molar-refractivity contribution in [2.24, 2.45) is 0 Å². The minimum absolute atomic E-state index is 0. The number of likely N-dealkylation sites (N-methyl/N-ethyl adjacent to an activating group) is 1. The molecule has 0 heterocycles. The number of rotatable bonds is 7. The molecule has 0 aliphatic heterocycles. The molecule has 2 N–H and O–H groups in total. The number of carbonyl (C=O) groups excluding carboxylic acids is 2. The number of halogens is 1. The van der Waals surface area contributed by atoms with Gasteiger partial charge < -0.3 is 43.8 Å². The summed E-state index contributed by atoms with van der Waals surface area (Å²) in [5.74, 6) is -0.210. The number of benzene rings is 2. The van der Waals surface area contributed by atoms with Crippen molar-refractivity contribution in [3.8, 4) is 11.1 Å². The molecule has 1 aliphatic rings. The van der Waals surface area contributed by atoms with Gasteiger partial charge in [-0.1, -0.05) is 48.5 Å². The fourth-order valence-corrected chi connectivity index (χ4v) is 3.40. The summed E-state index contributed by atoms with van der Waals surface area (Å²) >= 11 is 0. The van der Waals surface area contributed by atoms with Crippen LogP contribution in [0.3, 0.4) is 0 Å². The lowest BCUT2D eigenvalue weighted by Gasteiger charge is -2.23. The Labute approximate surface area is 189 Å². The standard InChI is InChI=1S/C22H27N3O3.HI/c1-25(2,3)13-12-23-21(26)14-24-22(27)28-15-20-18-10-6-4-8-16(18)17-9-5-7-11-19(17)20;/h4-11,20H,12-15H2,1-3H3,(H-,23,24,26,27);1H. The smallest absolute Gasteiger partial charge is 0.407 e. The number of alkyl carbamates (subject to hydrolysis) is 1. The molecule has 2 aromatic carbocycles. The SMILES string of the molecule is C[N+](C)(C)CCNC(=O)CNC(=O)OCC1c2ccccc2-c2ccccc21.[I-]. The van der Waals surface area contributed by atoms with Crippen molar-refractivity contribution in [1.29, 1.82) is 0 Å². The summed E-state index contributed by atoms with van der Waals surface area (Å²) < 4.78 is 6.18. The number of fused-ring (bicyclic) bond motifs is 3. The Kier molecular flexibility index (Phi) is 8.04. The van der Waals surface area contributed by atoms with Crippen LogP contribution in [0.5, 0.6) is 0 Å². The molecule has 0 radical (unpaired) electrons. The first-order valence-electron chi connectivity index (χ1n) is 9.51. The second-order valence-electron chi connectivity index (χ2n) is 8.04. The minimum atomic E-state index is -0.580. The van der Waals surface area contributed by atoms with Gasteiger partial charge in [0.2, 0.25) is 5.91 Å². The third kappa shape index (κ3) is 6.17. The number of hydrogen-bond acceptors (Lipinski definition) is 3. The van der Waals surface area contributed by atoms with Gasteiger partial charge in [0.15, 0.2) is 0 Å². The molecule has 7 heteroatoms. The average Bonchev–Trinajstić information content (AvgIpc) is 2.98. The molecular weight excluding hydrogens is 481 g/mol. The first-order valence-corrected chi connectivity index (χ1v) is 9.51. The molecule has 29 heavy (non-hydrogen) atoms. The monoisotopic (exact) mass is 509 g/mol. The van der Waals surface area contributed by atoms with E-state index in [1.165, 1.54) is 11.1 Å². The maximum atomic E-state index is 12.0. The molecular formula is C22H28IN3O3. The number of quaternary nitrogens is 1. The van der Waals surface area contributed by atoms with E-state index in [0.29, 0.717) is 6.54 Å². The molecule has 0 aromatic heterocycles. The highest BCUT2D eigenvalue weighted by molar-refractivity contribution is 5.82. The van der Waals surface area contributed by atoms with Crippen molar-refractivity contribution in [3.63, 3.8) is 0 Å². The summed E-state index contributed by atoms with van der Waals surface area (Å²) in [6.45, 7) is 1.53. The van der Waals surface area contributed by atoms with E-state index in [-0.39, 0.29) is 49.0 Å². The zero-order valence-electron chi connectivity index (χ0n) is 17.1. The molecule has 0 fully saturated rings. The highest BCUT2D eigenvalue weighted by Crippen LogP contribution is 2.44. The van der Waals surface area contributed by atoms with E-state index in [1.807, 2.05) is 24.3 Å². The Morgan fingerprint density at radius 1 is 0.931 bits per heavy atom. The molecule has 0 bridgehead atoms. The summed E-state index contributed by atoms with van der Waals surface area (Å²) in [6.07, 6.45) is -0.580. The minimum Gasteiger partial charge on any atom is -1.00 e. The fraction of sp³-hybridized carbons (Fsp3) is 0.364. The third-order valence-corrected chi connectivity index (χ3v) is 4.84. The Morgan fingerprint density at radius 2 is 1.48 bits per heavy atom. The quantitative estimate of drug-likeness (QED) is 0.386. The summed E-state index contributed by atoms with van der Waals surface area (Å²) in [7, 11) is 6.17. The van der Waals surface area contributed by atoms with E-state index in [2.05, 4.69) is 56.0 Å². The maximum absolute atomic E-state index is 12.0. The Balaban J connectivity index is 0.00000300. The fourth-order valence-electron chi connectivity index (χ4n) is 3.40. The van der Waals surface area contributed by atoms with Crippen molar-refractivity contribution >= 4 is 12.0 Å². The van der Waals surface area contributed by atoms with Crippen molar-refractivity contribution in [3.05, 3.63) is 59.7 Å². The van der Waals surface area contributed by atoms with Gasteiger partial charge in [-0.25, -0.2) is 4.79 Å². The lowest BCUT2D eigenvalue weighted by molar-refractivity contribution is -0.869. The highest BCUT2D eigenvalue weighted by Gasteiger charge is 2.28. The Bertz CT molecular complexity index is 819. The van der Waals surface area contributed by atoms with Crippen LogP contribution in [-0.4, -0.2) is 63.9 Å². The molecule has 1 aliphatic carbocycles. The van der Waals surface area contributed by atoms with Crippen LogP contribution in [0.1, 0.15) is 17.0 Å². The van der Waals surface area contributed by atoms with E-state index in [1.54, 1.807) is 0 Å². The van der Waals surface area contributed by atoms with Gasteiger partial charge in [-0.3, -0.25) is 4.79 Å². The molecule has 6 nitrogen and oxygen atoms in total. The number of ether oxygens (including phenoxy) is 1. The van der Waals surface area contributed by atoms with E-state index >= 15 is 0 Å². The summed E-state index contributed by atoms with van der Waals surface area (Å²) in [5.41, 5.74) is 4.69. The van der Waals surface area contributed by atoms with Gasteiger partial charge in [0, 0.05) is 5.92 Å². The van der Waals surface area contributed by atoms with Crippen molar-refractivity contribution in [1.82, 2.24) is 10.6 Å². The molecule has 3 rings (SSSR count). The van der Waals surface area contributed by atoms with E-state index < -0.39 is 6.09 Å². The number of amides is 2. The highest BCUT2D eigenvalue weighted by atomic mass is 127. The molecule has 0 spiro atoms. The Hall–Kier alpha value is -2.13. The lowest BCUT2D eigenvalue weighted by Crippen LogP contribution is -3.00. The average molecular weight is 509 g/mol. The van der Waals surface area contributed by atoms with Gasteiger partial charge in [0.1, 0.15) is 6.61 Å². The zero-order chi connectivity index (χ0) is 20.1. The molecule has 0 atom stereocenters. The van der Waals surface area contributed by atoms with Gasteiger partial charge in [-0.2, -0.15) is 0 Å².